The Morgan fingerprint density at radius 2 is 2.07 bits per heavy atom. The predicted molar refractivity (Wildman–Crippen MR) is 53.6 cm³/mol. The van der Waals surface area contributed by atoms with Crippen molar-refractivity contribution in [1.82, 2.24) is 0 Å². The van der Waals surface area contributed by atoms with E-state index in [0.717, 1.165) is 5.56 Å². The fourth-order valence-electron chi connectivity index (χ4n) is 1.20. The van der Waals surface area contributed by atoms with Gasteiger partial charge in [0.25, 0.3) is 0 Å². The smallest absolute Gasteiger partial charge is 0.333 e. The Kier molecular flexibility index (Phi) is 4.50. The molecule has 0 aromatic heterocycles. The maximum absolute atomic E-state index is 10.8. The SMILES string of the molecule is O=CCO[C@H](Cc1ccccc1)C(=O)O. The van der Waals surface area contributed by atoms with Crippen LogP contribution in [-0.4, -0.2) is 30.1 Å². The van der Waals surface area contributed by atoms with E-state index in [2.05, 4.69) is 0 Å². The van der Waals surface area contributed by atoms with Gasteiger partial charge in [-0.05, 0) is 5.56 Å². The highest BCUT2D eigenvalue weighted by atomic mass is 16.5. The second kappa shape index (κ2) is 5.93. The number of carboxylic acid groups (broad SMARTS) is 1. The summed E-state index contributed by atoms with van der Waals surface area (Å²) in [5.41, 5.74) is 0.871. The van der Waals surface area contributed by atoms with Gasteiger partial charge in [-0.25, -0.2) is 4.79 Å². The van der Waals surface area contributed by atoms with Crippen LogP contribution >= 0.6 is 0 Å². The van der Waals surface area contributed by atoms with Crippen molar-refractivity contribution >= 4 is 12.3 Å². The topological polar surface area (TPSA) is 63.6 Å². The van der Waals surface area contributed by atoms with Crippen LogP contribution < -0.4 is 0 Å². The molecule has 0 saturated heterocycles. The highest BCUT2D eigenvalue weighted by Gasteiger charge is 2.17. The summed E-state index contributed by atoms with van der Waals surface area (Å²) >= 11 is 0. The third-order valence-electron chi connectivity index (χ3n) is 1.90. The molecule has 80 valence electrons. The first kappa shape index (κ1) is 11.4. The van der Waals surface area contributed by atoms with Crippen molar-refractivity contribution in [3.63, 3.8) is 0 Å². The Labute approximate surface area is 87.5 Å². The molecule has 0 aliphatic carbocycles. The normalized spacial score (nSPS) is 12.0. The summed E-state index contributed by atoms with van der Waals surface area (Å²) in [4.78, 5) is 20.8. The van der Waals surface area contributed by atoms with Crippen LogP contribution in [-0.2, 0) is 20.7 Å². The van der Waals surface area contributed by atoms with Crippen LogP contribution in [0, 0.1) is 0 Å². The molecule has 0 aliphatic rings. The number of rotatable bonds is 6. The Morgan fingerprint density at radius 1 is 1.40 bits per heavy atom. The number of aliphatic carboxylic acids is 1. The lowest BCUT2D eigenvalue weighted by Gasteiger charge is -2.11. The number of benzene rings is 1. The van der Waals surface area contributed by atoms with E-state index in [0.29, 0.717) is 6.29 Å². The fourth-order valence-corrected chi connectivity index (χ4v) is 1.20. The average Bonchev–Trinajstić information content (AvgIpc) is 2.25. The summed E-state index contributed by atoms with van der Waals surface area (Å²) < 4.78 is 4.89. The van der Waals surface area contributed by atoms with E-state index in [1.807, 2.05) is 30.3 Å². The zero-order valence-corrected chi connectivity index (χ0v) is 8.13. The molecular formula is C11H12O4. The number of carbonyl (C=O) groups excluding carboxylic acids is 1. The van der Waals surface area contributed by atoms with Gasteiger partial charge in [-0.1, -0.05) is 30.3 Å². The second-order valence-corrected chi connectivity index (χ2v) is 3.02. The molecule has 0 radical (unpaired) electrons. The lowest BCUT2D eigenvalue weighted by molar-refractivity contribution is -0.150. The summed E-state index contributed by atoms with van der Waals surface area (Å²) in [6.07, 6.45) is -0.150. The van der Waals surface area contributed by atoms with E-state index in [9.17, 15) is 9.59 Å². The number of ether oxygens (including phenoxy) is 1. The van der Waals surface area contributed by atoms with Crippen molar-refractivity contribution in [3.8, 4) is 0 Å². The van der Waals surface area contributed by atoms with Gasteiger partial charge in [-0.2, -0.15) is 0 Å². The highest BCUT2D eigenvalue weighted by Crippen LogP contribution is 2.05. The van der Waals surface area contributed by atoms with Gasteiger partial charge in [0.2, 0.25) is 0 Å². The van der Waals surface area contributed by atoms with E-state index in [1.54, 1.807) is 0 Å². The maximum atomic E-state index is 10.8. The van der Waals surface area contributed by atoms with E-state index in [4.69, 9.17) is 9.84 Å². The molecule has 4 heteroatoms. The summed E-state index contributed by atoms with van der Waals surface area (Å²) in [6.45, 7) is -0.191. The van der Waals surface area contributed by atoms with E-state index in [1.165, 1.54) is 0 Å². The Balaban J connectivity index is 2.58. The monoisotopic (exact) mass is 208 g/mol. The summed E-state index contributed by atoms with van der Waals surface area (Å²) in [5.74, 6) is -1.05. The minimum absolute atomic E-state index is 0.191. The molecule has 0 amide bonds. The van der Waals surface area contributed by atoms with Gasteiger partial charge in [-0.15, -0.1) is 0 Å². The van der Waals surface area contributed by atoms with Crippen LogP contribution in [0.5, 0.6) is 0 Å². The Morgan fingerprint density at radius 3 is 2.60 bits per heavy atom. The van der Waals surface area contributed by atoms with Gasteiger partial charge in [0.15, 0.2) is 6.10 Å². The van der Waals surface area contributed by atoms with Gasteiger partial charge in [0, 0.05) is 6.42 Å². The third kappa shape index (κ3) is 3.91. The van der Waals surface area contributed by atoms with E-state index in [-0.39, 0.29) is 13.0 Å². The molecule has 1 rings (SSSR count). The van der Waals surface area contributed by atoms with Crippen molar-refractivity contribution in [1.29, 1.82) is 0 Å². The van der Waals surface area contributed by atoms with Crippen LogP contribution in [0.15, 0.2) is 30.3 Å². The van der Waals surface area contributed by atoms with Crippen LogP contribution in [0.25, 0.3) is 0 Å². The van der Waals surface area contributed by atoms with Crippen molar-refractivity contribution in [2.75, 3.05) is 6.61 Å². The number of carbonyl (C=O) groups is 2. The van der Waals surface area contributed by atoms with Crippen LogP contribution in [0.3, 0.4) is 0 Å². The number of aldehydes is 1. The maximum Gasteiger partial charge on any atom is 0.333 e. The first-order valence-electron chi connectivity index (χ1n) is 4.56. The molecule has 4 nitrogen and oxygen atoms in total. The molecule has 1 aromatic carbocycles. The van der Waals surface area contributed by atoms with Gasteiger partial charge >= 0.3 is 5.97 Å². The largest absolute Gasteiger partial charge is 0.479 e. The Hall–Kier alpha value is -1.68. The van der Waals surface area contributed by atoms with Crippen LogP contribution in [0.4, 0.5) is 0 Å². The lowest BCUT2D eigenvalue weighted by atomic mass is 10.1. The van der Waals surface area contributed by atoms with Crippen molar-refractivity contribution < 1.29 is 19.4 Å². The zero-order valence-electron chi connectivity index (χ0n) is 8.13. The summed E-state index contributed by atoms with van der Waals surface area (Å²) in [7, 11) is 0. The quantitative estimate of drug-likeness (QED) is 0.705. The highest BCUT2D eigenvalue weighted by molar-refractivity contribution is 5.73. The first-order valence-corrected chi connectivity index (χ1v) is 4.56. The summed E-state index contributed by atoms with van der Waals surface area (Å²) in [6, 6.07) is 9.15. The van der Waals surface area contributed by atoms with Gasteiger partial charge in [0.1, 0.15) is 12.9 Å². The second-order valence-electron chi connectivity index (χ2n) is 3.02. The molecule has 1 atom stereocenters. The van der Waals surface area contributed by atoms with E-state index < -0.39 is 12.1 Å². The first-order chi connectivity index (χ1) is 7.24. The van der Waals surface area contributed by atoms with Gasteiger partial charge in [-0.3, -0.25) is 0 Å². The average molecular weight is 208 g/mol. The lowest BCUT2D eigenvalue weighted by Crippen LogP contribution is -2.27. The molecule has 0 fully saturated rings. The molecular weight excluding hydrogens is 196 g/mol. The van der Waals surface area contributed by atoms with Crippen molar-refractivity contribution in [2.24, 2.45) is 0 Å². The zero-order chi connectivity index (χ0) is 11.1. The fraction of sp³-hybridized carbons (Fsp3) is 0.273. The minimum Gasteiger partial charge on any atom is -0.479 e. The van der Waals surface area contributed by atoms with Crippen molar-refractivity contribution in [3.05, 3.63) is 35.9 Å². The van der Waals surface area contributed by atoms with Crippen LogP contribution in [0.2, 0.25) is 0 Å². The molecule has 15 heavy (non-hydrogen) atoms. The number of hydrogen-bond acceptors (Lipinski definition) is 3. The number of carboxylic acids is 1. The van der Waals surface area contributed by atoms with E-state index >= 15 is 0 Å². The molecule has 0 heterocycles. The standard InChI is InChI=1S/C11H12O4/c12-6-7-15-10(11(13)14)8-9-4-2-1-3-5-9/h1-6,10H,7-8H2,(H,13,14)/t10-/m1/s1. The third-order valence-corrected chi connectivity index (χ3v) is 1.90. The predicted octanol–water partition coefficient (Wildman–Crippen LogP) is 0.898. The van der Waals surface area contributed by atoms with Gasteiger partial charge < -0.3 is 14.6 Å². The van der Waals surface area contributed by atoms with Crippen molar-refractivity contribution in [2.45, 2.75) is 12.5 Å². The molecule has 0 aliphatic heterocycles. The molecule has 0 saturated carbocycles. The minimum atomic E-state index is -1.05. The van der Waals surface area contributed by atoms with Gasteiger partial charge in [0.05, 0.1) is 0 Å². The Bertz CT molecular complexity index is 321. The molecule has 1 N–H and O–H groups in total. The molecule has 0 spiro atoms. The molecule has 0 bridgehead atoms. The van der Waals surface area contributed by atoms with Crippen LogP contribution in [0.1, 0.15) is 5.56 Å². The summed E-state index contributed by atoms with van der Waals surface area (Å²) in [5, 5.41) is 8.82. The molecule has 0 unspecified atom stereocenters. The number of hydrogen-bond donors (Lipinski definition) is 1. The molecule has 1 aromatic rings.